The number of carbonyl (C=O) groups excluding carboxylic acids is 1. The van der Waals surface area contributed by atoms with Crippen LogP contribution in [0.4, 0.5) is 0 Å². The van der Waals surface area contributed by atoms with Crippen LogP contribution in [0.1, 0.15) is 23.2 Å². The quantitative estimate of drug-likeness (QED) is 0.859. The summed E-state index contributed by atoms with van der Waals surface area (Å²) in [4.78, 5) is 14.5. The third-order valence-electron chi connectivity index (χ3n) is 5.02. The van der Waals surface area contributed by atoms with Crippen LogP contribution in [0.25, 0.3) is 0 Å². The molecule has 0 N–H and O–H groups in total. The molecule has 5 nitrogen and oxygen atoms in total. The fraction of sp³-hybridized carbons (Fsp3) is 0.389. The number of benzene rings is 1. The number of hydrogen-bond donors (Lipinski definition) is 0. The van der Waals surface area contributed by atoms with Crippen molar-refractivity contribution in [3.05, 3.63) is 53.3 Å². The van der Waals surface area contributed by atoms with Crippen LogP contribution in [0.2, 0.25) is 5.02 Å². The van der Waals surface area contributed by atoms with Crippen LogP contribution >= 0.6 is 11.6 Å². The van der Waals surface area contributed by atoms with Gasteiger partial charge in [-0.05, 0) is 37.0 Å². The summed E-state index contributed by atoms with van der Waals surface area (Å²) in [6.07, 6.45) is 5.28. The Labute approximate surface area is 145 Å². The molecular formula is C18H18ClN3O2. The monoisotopic (exact) mass is 343 g/mol. The number of hydrogen-bond acceptors (Lipinski definition) is 4. The van der Waals surface area contributed by atoms with Gasteiger partial charge >= 0.3 is 0 Å². The first kappa shape index (κ1) is 15.4. The van der Waals surface area contributed by atoms with Gasteiger partial charge in [-0.2, -0.15) is 10.2 Å². The van der Waals surface area contributed by atoms with Gasteiger partial charge in [-0.3, -0.25) is 4.79 Å². The fourth-order valence-electron chi connectivity index (χ4n) is 3.83. The molecule has 1 aliphatic carbocycles. The van der Waals surface area contributed by atoms with Crippen molar-refractivity contribution in [1.29, 1.82) is 0 Å². The van der Waals surface area contributed by atoms with Crippen molar-refractivity contribution >= 4 is 17.5 Å². The lowest BCUT2D eigenvalue weighted by molar-refractivity contribution is 0.0762. The van der Waals surface area contributed by atoms with E-state index in [4.69, 9.17) is 16.3 Å². The van der Waals surface area contributed by atoms with Crippen LogP contribution < -0.4 is 4.74 Å². The smallest absolute Gasteiger partial charge is 0.255 e. The Balaban J connectivity index is 1.45. The van der Waals surface area contributed by atoms with E-state index in [-0.39, 0.29) is 12.0 Å². The third kappa shape index (κ3) is 2.84. The summed E-state index contributed by atoms with van der Waals surface area (Å²) in [6, 6.07) is 9.27. The second-order valence-corrected chi connectivity index (χ2v) is 6.84. The zero-order chi connectivity index (χ0) is 16.5. The van der Waals surface area contributed by atoms with Gasteiger partial charge in [0.05, 0.1) is 23.0 Å². The molecule has 1 aromatic carbocycles. The molecule has 2 aliphatic rings. The zero-order valence-corrected chi connectivity index (χ0v) is 13.9. The first-order valence-electron chi connectivity index (χ1n) is 8.19. The summed E-state index contributed by atoms with van der Waals surface area (Å²) in [6.45, 7) is 1.51. The Bertz CT molecular complexity index is 740. The van der Waals surface area contributed by atoms with Crippen LogP contribution in [0, 0.1) is 11.8 Å². The zero-order valence-electron chi connectivity index (χ0n) is 13.1. The highest BCUT2D eigenvalue weighted by Gasteiger charge is 2.45. The van der Waals surface area contributed by atoms with E-state index in [1.807, 2.05) is 29.2 Å². The van der Waals surface area contributed by atoms with Gasteiger partial charge < -0.3 is 9.64 Å². The number of para-hydroxylation sites is 1. The van der Waals surface area contributed by atoms with Gasteiger partial charge in [0.15, 0.2) is 0 Å². The van der Waals surface area contributed by atoms with Gasteiger partial charge in [0.2, 0.25) is 0 Å². The second kappa shape index (κ2) is 6.40. The maximum absolute atomic E-state index is 12.6. The fourth-order valence-corrected chi connectivity index (χ4v) is 4.01. The molecule has 4 rings (SSSR count). The average Bonchev–Trinajstić information content (AvgIpc) is 3.19. The number of aromatic nitrogens is 2. The van der Waals surface area contributed by atoms with Gasteiger partial charge in [0.1, 0.15) is 11.9 Å². The molecule has 24 heavy (non-hydrogen) atoms. The van der Waals surface area contributed by atoms with E-state index in [2.05, 4.69) is 10.2 Å². The largest absolute Gasteiger partial charge is 0.489 e. The van der Waals surface area contributed by atoms with Gasteiger partial charge in [-0.15, -0.1) is 0 Å². The minimum Gasteiger partial charge on any atom is -0.489 e. The Hall–Kier alpha value is -2.14. The van der Waals surface area contributed by atoms with E-state index in [1.54, 1.807) is 12.3 Å². The maximum Gasteiger partial charge on any atom is 0.255 e. The van der Waals surface area contributed by atoms with Crippen molar-refractivity contribution in [3.8, 4) is 5.75 Å². The number of rotatable bonds is 3. The second-order valence-electron chi connectivity index (χ2n) is 6.43. The molecule has 1 saturated carbocycles. The molecule has 2 fully saturated rings. The molecule has 1 amide bonds. The topological polar surface area (TPSA) is 55.3 Å². The summed E-state index contributed by atoms with van der Waals surface area (Å²) < 4.78 is 6.16. The van der Waals surface area contributed by atoms with Crippen LogP contribution in [0.3, 0.4) is 0 Å². The summed E-state index contributed by atoms with van der Waals surface area (Å²) in [7, 11) is 0. The van der Waals surface area contributed by atoms with Gasteiger partial charge in [0.25, 0.3) is 5.91 Å². The van der Waals surface area contributed by atoms with Crippen LogP contribution in [-0.4, -0.2) is 40.2 Å². The number of amides is 1. The van der Waals surface area contributed by atoms with Crippen LogP contribution in [0.5, 0.6) is 5.75 Å². The summed E-state index contributed by atoms with van der Waals surface area (Å²) in [5.41, 5.74) is 0.591. The van der Waals surface area contributed by atoms with E-state index >= 15 is 0 Å². The Morgan fingerprint density at radius 3 is 2.83 bits per heavy atom. The van der Waals surface area contributed by atoms with Crippen LogP contribution in [-0.2, 0) is 0 Å². The Kier molecular flexibility index (Phi) is 4.10. The number of carbonyl (C=O) groups is 1. The summed E-state index contributed by atoms with van der Waals surface area (Å²) >= 11 is 6.20. The van der Waals surface area contributed by atoms with Gasteiger partial charge in [-0.1, -0.05) is 23.7 Å². The highest BCUT2D eigenvalue weighted by molar-refractivity contribution is 6.32. The predicted octanol–water partition coefficient (Wildman–Crippen LogP) is 3.06. The molecule has 0 spiro atoms. The number of likely N-dealkylation sites (tertiary alicyclic amines) is 1. The molecule has 124 valence electrons. The Morgan fingerprint density at radius 1 is 1.17 bits per heavy atom. The lowest BCUT2D eigenvalue weighted by Gasteiger charge is -2.22. The van der Waals surface area contributed by atoms with Crippen molar-refractivity contribution in [1.82, 2.24) is 15.1 Å². The van der Waals surface area contributed by atoms with Gasteiger partial charge in [-0.25, -0.2) is 0 Å². The number of fused-ring (bicyclic) bond motifs is 1. The van der Waals surface area contributed by atoms with Crippen molar-refractivity contribution in [2.24, 2.45) is 11.8 Å². The van der Waals surface area contributed by atoms with Crippen molar-refractivity contribution in [2.45, 2.75) is 18.9 Å². The van der Waals surface area contributed by atoms with Crippen molar-refractivity contribution in [2.75, 3.05) is 13.1 Å². The number of halogens is 1. The van der Waals surface area contributed by atoms with E-state index in [0.717, 1.165) is 31.7 Å². The first-order valence-corrected chi connectivity index (χ1v) is 8.57. The summed E-state index contributed by atoms with van der Waals surface area (Å²) in [5.74, 6) is 1.61. The van der Waals surface area contributed by atoms with Crippen molar-refractivity contribution < 1.29 is 9.53 Å². The normalized spacial score (nSPS) is 25.5. The number of ether oxygens (including phenoxy) is 1. The molecule has 1 aromatic heterocycles. The standard InChI is InChI=1S/C18H18ClN3O2/c19-15-3-1-2-4-17(15)24-16-6-5-13-10-22(11-14(13)16)18(23)12-7-8-20-21-9-12/h1-4,7-9,13-14,16H,5-6,10-11H2/t13-,14+,16-/m0/s1. The minimum absolute atomic E-state index is 0.0239. The van der Waals surface area contributed by atoms with E-state index < -0.39 is 0 Å². The SMILES string of the molecule is O=C(c1ccnnc1)N1C[C@@H]2CC[C@H](Oc3ccccc3Cl)[C@@H]2C1. The van der Waals surface area contributed by atoms with Crippen molar-refractivity contribution in [3.63, 3.8) is 0 Å². The van der Waals surface area contributed by atoms with Gasteiger partial charge in [0, 0.05) is 19.0 Å². The molecule has 0 unspecified atom stereocenters. The highest BCUT2D eigenvalue weighted by Crippen LogP contribution is 2.41. The molecule has 3 atom stereocenters. The molecule has 6 heteroatoms. The lowest BCUT2D eigenvalue weighted by Crippen LogP contribution is -2.32. The van der Waals surface area contributed by atoms with E-state index in [1.165, 1.54) is 6.20 Å². The van der Waals surface area contributed by atoms with Crippen LogP contribution in [0.15, 0.2) is 42.7 Å². The summed E-state index contributed by atoms with van der Waals surface area (Å²) in [5, 5.41) is 8.15. The maximum atomic E-state index is 12.6. The molecule has 2 heterocycles. The Morgan fingerprint density at radius 2 is 2.04 bits per heavy atom. The number of nitrogens with zero attached hydrogens (tertiary/aromatic N) is 3. The molecule has 0 radical (unpaired) electrons. The minimum atomic E-state index is 0.0239. The highest BCUT2D eigenvalue weighted by atomic mass is 35.5. The molecule has 1 saturated heterocycles. The molecular weight excluding hydrogens is 326 g/mol. The predicted molar refractivity (Wildman–Crippen MR) is 90.0 cm³/mol. The molecule has 0 bridgehead atoms. The first-order chi connectivity index (χ1) is 11.7. The molecule has 2 aromatic rings. The van der Waals surface area contributed by atoms with E-state index in [0.29, 0.717) is 22.4 Å². The average molecular weight is 344 g/mol. The molecule has 1 aliphatic heterocycles. The third-order valence-corrected chi connectivity index (χ3v) is 5.34. The lowest BCUT2D eigenvalue weighted by atomic mass is 9.99. The van der Waals surface area contributed by atoms with E-state index in [9.17, 15) is 4.79 Å².